The van der Waals surface area contributed by atoms with Gasteiger partial charge in [0.1, 0.15) is 0 Å². The maximum absolute atomic E-state index is 2.58. The van der Waals surface area contributed by atoms with Crippen molar-refractivity contribution in [2.75, 3.05) is 13.1 Å². The van der Waals surface area contributed by atoms with Crippen molar-refractivity contribution in [3.05, 3.63) is 35.4 Å². The van der Waals surface area contributed by atoms with Gasteiger partial charge in [-0.25, -0.2) is 0 Å². The minimum atomic E-state index is 0.734. The van der Waals surface area contributed by atoms with Crippen molar-refractivity contribution < 1.29 is 0 Å². The molecule has 0 N–H and O–H groups in total. The SMILES string of the molecule is Cc1ccccc1CN(CC(C)C)CC(C)C. The number of hydrogen-bond acceptors (Lipinski definition) is 1. The molecule has 1 aromatic rings. The van der Waals surface area contributed by atoms with Gasteiger partial charge in [-0.3, -0.25) is 4.90 Å². The summed E-state index contributed by atoms with van der Waals surface area (Å²) in [4.78, 5) is 2.58. The van der Waals surface area contributed by atoms with Crippen LogP contribution in [-0.4, -0.2) is 18.0 Å². The monoisotopic (exact) mass is 233 g/mol. The Bertz CT molecular complexity index is 318. The lowest BCUT2D eigenvalue weighted by molar-refractivity contribution is 0.211. The first kappa shape index (κ1) is 14.2. The third kappa shape index (κ3) is 5.36. The largest absolute Gasteiger partial charge is 0.299 e. The standard InChI is InChI=1S/C16H27N/c1-13(2)10-17(11-14(3)4)12-16-9-7-6-8-15(16)5/h6-9,13-14H,10-12H2,1-5H3. The molecule has 1 rings (SSSR count). The molecule has 0 aliphatic heterocycles. The third-order valence-electron chi connectivity index (χ3n) is 2.90. The zero-order valence-electron chi connectivity index (χ0n) is 12.0. The highest BCUT2D eigenvalue weighted by Crippen LogP contribution is 2.13. The van der Waals surface area contributed by atoms with Crippen molar-refractivity contribution in [2.24, 2.45) is 11.8 Å². The fraction of sp³-hybridized carbons (Fsp3) is 0.625. The van der Waals surface area contributed by atoms with Gasteiger partial charge in [-0.05, 0) is 29.9 Å². The van der Waals surface area contributed by atoms with Crippen LogP contribution in [0.15, 0.2) is 24.3 Å². The van der Waals surface area contributed by atoms with Crippen LogP contribution in [0, 0.1) is 18.8 Å². The van der Waals surface area contributed by atoms with Crippen LogP contribution in [0.4, 0.5) is 0 Å². The minimum absolute atomic E-state index is 0.734. The maximum atomic E-state index is 2.58. The summed E-state index contributed by atoms with van der Waals surface area (Å²) in [5, 5.41) is 0. The topological polar surface area (TPSA) is 3.24 Å². The summed E-state index contributed by atoms with van der Waals surface area (Å²) in [6.07, 6.45) is 0. The van der Waals surface area contributed by atoms with Crippen LogP contribution in [0.2, 0.25) is 0 Å². The van der Waals surface area contributed by atoms with E-state index in [1.165, 1.54) is 24.2 Å². The molecule has 0 spiro atoms. The van der Waals surface area contributed by atoms with Gasteiger partial charge in [0, 0.05) is 19.6 Å². The minimum Gasteiger partial charge on any atom is -0.299 e. The van der Waals surface area contributed by atoms with Crippen molar-refractivity contribution in [2.45, 2.75) is 41.2 Å². The van der Waals surface area contributed by atoms with Gasteiger partial charge >= 0.3 is 0 Å². The molecular weight excluding hydrogens is 206 g/mol. The summed E-state index contributed by atoms with van der Waals surface area (Å²) < 4.78 is 0. The zero-order valence-corrected chi connectivity index (χ0v) is 12.0. The zero-order chi connectivity index (χ0) is 12.8. The Kier molecular flexibility index (Phi) is 5.70. The highest BCUT2D eigenvalue weighted by Gasteiger charge is 2.10. The lowest BCUT2D eigenvalue weighted by atomic mass is 10.1. The maximum Gasteiger partial charge on any atom is 0.0236 e. The molecule has 0 atom stereocenters. The second-order valence-electron chi connectivity index (χ2n) is 5.91. The van der Waals surface area contributed by atoms with Crippen LogP contribution in [0.1, 0.15) is 38.8 Å². The van der Waals surface area contributed by atoms with Gasteiger partial charge in [0.2, 0.25) is 0 Å². The molecule has 0 saturated heterocycles. The van der Waals surface area contributed by atoms with Crippen LogP contribution in [0.25, 0.3) is 0 Å². The fourth-order valence-corrected chi connectivity index (χ4v) is 2.26. The average Bonchev–Trinajstić information content (AvgIpc) is 2.19. The molecule has 0 amide bonds. The van der Waals surface area contributed by atoms with Gasteiger partial charge in [-0.15, -0.1) is 0 Å². The van der Waals surface area contributed by atoms with Gasteiger partial charge in [-0.1, -0.05) is 52.0 Å². The summed E-state index contributed by atoms with van der Waals surface area (Å²) in [6.45, 7) is 14.9. The van der Waals surface area contributed by atoms with E-state index in [2.05, 4.69) is 63.8 Å². The highest BCUT2D eigenvalue weighted by molar-refractivity contribution is 5.25. The molecular formula is C16H27N. The van der Waals surface area contributed by atoms with Gasteiger partial charge in [-0.2, -0.15) is 0 Å². The molecule has 17 heavy (non-hydrogen) atoms. The molecule has 0 radical (unpaired) electrons. The van der Waals surface area contributed by atoms with E-state index in [4.69, 9.17) is 0 Å². The Labute approximate surface area is 107 Å². The van der Waals surface area contributed by atoms with E-state index < -0.39 is 0 Å². The smallest absolute Gasteiger partial charge is 0.0236 e. The number of nitrogens with zero attached hydrogens (tertiary/aromatic N) is 1. The quantitative estimate of drug-likeness (QED) is 0.714. The van der Waals surface area contributed by atoms with E-state index in [9.17, 15) is 0 Å². The van der Waals surface area contributed by atoms with E-state index in [1.807, 2.05) is 0 Å². The number of aryl methyl sites for hydroxylation is 1. The van der Waals surface area contributed by atoms with Crippen molar-refractivity contribution in [1.29, 1.82) is 0 Å². The molecule has 0 bridgehead atoms. The Morgan fingerprint density at radius 2 is 1.47 bits per heavy atom. The summed E-state index contributed by atoms with van der Waals surface area (Å²) in [6, 6.07) is 8.72. The lowest BCUT2D eigenvalue weighted by Crippen LogP contribution is -2.31. The predicted molar refractivity (Wildman–Crippen MR) is 76.1 cm³/mol. The molecule has 0 heterocycles. The van der Waals surface area contributed by atoms with E-state index >= 15 is 0 Å². The Morgan fingerprint density at radius 1 is 0.941 bits per heavy atom. The van der Waals surface area contributed by atoms with Gasteiger partial charge in [0.05, 0.1) is 0 Å². The summed E-state index contributed by atoms with van der Waals surface area (Å²) >= 11 is 0. The molecule has 0 aliphatic carbocycles. The van der Waals surface area contributed by atoms with Crippen LogP contribution in [0.5, 0.6) is 0 Å². The summed E-state index contributed by atoms with van der Waals surface area (Å²) in [5.41, 5.74) is 2.87. The third-order valence-corrected chi connectivity index (χ3v) is 2.90. The highest BCUT2D eigenvalue weighted by atomic mass is 15.1. The van der Waals surface area contributed by atoms with E-state index in [-0.39, 0.29) is 0 Å². The second-order valence-corrected chi connectivity index (χ2v) is 5.91. The van der Waals surface area contributed by atoms with Crippen molar-refractivity contribution in [3.63, 3.8) is 0 Å². The molecule has 0 unspecified atom stereocenters. The van der Waals surface area contributed by atoms with Gasteiger partial charge in [0.25, 0.3) is 0 Å². The number of hydrogen-bond donors (Lipinski definition) is 0. The van der Waals surface area contributed by atoms with Crippen LogP contribution >= 0.6 is 0 Å². The normalized spacial score (nSPS) is 11.8. The number of rotatable bonds is 6. The Morgan fingerprint density at radius 3 is 1.94 bits per heavy atom. The molecule has 0 aromatic heterocycles. The Balaban J connectivity index is 2.68. The number of benzene rings is 1. The van der Waals surface area contributed by atoms with Gasteiger partial charge < -0.3 is 0 Å². The van der Waals surface area contributed by atoms with Crippen molar-refractivity contribution >= 4 is 0 Å². The predicted octanol–water partition coefficient (Wildman–Crippen LogP) is 4.11. The Hall–Kier alpha value is -0.820. The molecule has 1 aromatic carbocycles. The first-order valence-corrected chi connectivity index (χ1v) is 6.76. The first-order chi connectivity index (χ1) is 7.99. The molecule has 0 aliphatic rings. The van der Waals surface area contributed by atoms with Crippen LogP contribution < -0.4 is 0 Å². The lowest BCUT2D eigenvalue weighted by Gasteiger charge is -2.26. The van der Waals surface area contributed by atoms with Crippen molar-refractivity contribution in [3.8, 4) is 0 Å². The van der Waals surface area contributed by atoms with Gasteiger partial charge in [0.15, 0.2) is 0 Å². The first-order valence-electron chi connectivity index (χ1n) is 6.76. The molecule has 0 saturated carbocycles. The van der Waals surface area contributed by atoms with E-state index in [1.54, 1.807) is 0 Å². The molecule has 1 nitrogen and oxygen atoms in total. The van der Waals surface area contributed by atoms with E-state index in [0.29, 0.717) is 0 Å². The van der Waals surface area contributed by atoms with Crippen LogP contribution in [-0.2, 0) is 6.54 Å². The average molecular weight is 233 g/mol. The molecule has 96 valence electrons. The van der Waals surface area contributed by atoms with Crippen LogP contribution in [0.3, 0.4) is 0 Å². The van der Waals surface area contributed by atoms with Crippen molar-refractivity contribution in [1.82, 2.24) is 4.90 Å². The summed E-state index contributed by atoms with van der Waals surface area (Å²) in [7, 11) is 0. The molecule has 0 fully saturated rings. The summed E-state index contributed by atoms with van der Waals surface area (Å²) in [5.74, 6) is 1.47. The second kappa shape index (κ2) is 6.80. The van der Waals surface area contributed by atoms with E-state index in [0.717, 1.165) is 18.4 Å². The fourth-order valence-electron chi connectivity index (χ4n) is 2.26. The molecule has 1 heteroatoms.